The van der Waals surface area contributed by atoms with E-state index >= 15 is 0 Å². The first-order valence-electron chi connectivity index (χ1n) is 6.86. The SMILES string of the molecule is Cc1ccc(/C=C\c2nnc(-c3ccccc3C)o2)cc1. The smallest absolute Gasteiger partial charge is 0.248 e. The van der Waals surface area contributed by atoms with Crippen LogP contribution in [-0.4, -0.2) is 10.2 Å². The fourth-order valence-corrected chi connectivity index (χ4v) is 2.07. The molecule has 0 saturated heterocycles. The highest BCUT2D eigenvalue weighted by Gasteiger charge is 2.08. The van der Waals surface area contributed by atoms with E-state index in [1.807, 2.05) is 43.3 Å². The molecule has 0 aliphatic carbocycles. The number of aromatic nitrogens is 2. The Morgan fingerprint density at radius 2 is 1.62 bits per heavy atom. The summed E-state index contributed by atoms with van der Waals surface area (Å²) < 4.78 is 5.69. The fourth-order valence-electron chi connectivity index (χ4n) is 2.07. The van der Waals surface area contributed by atoms with Gasteiger partial charge in [-0.25, -0.2) is 0 Å². The molecule has 3 heteroatoms. The summed E-state index contributed by atoms with van der Waals surface area (Å²) in [6.45, 7) is 4.10. The average Bonchev–Trinajstić information content (AvgIpc) is 2.96. The average molecular weight is 276 g/mol. The molecule has 0 aliphatic heterocycles. The van der Waals surface area contributed by atoms with Crippen molar-refractivity contribution in [1.82, 2.24) is 10.2 Å². The third-order valence-electron chi connectivity index (χ3n) is 3.31. The van der Waals surface area contributed by atoms with Crippen LogP contribution in [0.4, 0.5) is 0 Å². The minimum Gasteiger partial charge on any atom is -0.417 e. The number of hydrogen-bond donors (Lipinski definition) is 0. The molecular formula is C18H16N2O. The van der Waals surface area contributed by atoms with Crippen molar-refractivity contribution in [3.8, 4) is 11.5 Å². The van der Waals surface area contributed by atoms with E-state index in [1.54, 1.807) is 0 Å². The zero-order chi connectivity index (χ0) is 14.7. The first-order valence-corrected chi connectivity index (χ1v) is 6.86. The van der Waals surface area contributed by atoms with Crippen molar-refractivity contribution in [2.24, 2.45) is 0 Å². The highest BCUT2D eigenvalue weighted by atomic mass is 16.4. The van der Waals surface area contributed by atoms with E-state index in [-0.39, 0.29) is 0 Å². The van der Waals surface area contributed by atoms with Gasteiger partial charge in [0.15, 0.2) is 0 Å². The second-order valence-electron chi connectivity index (χ2n) is 5.00. The highest BCUT2D eigenvalue weighted by molar-refractivity contribution is 5.67. The lowest BCUT2D eigenvalue weighted by atomic mass is 10.1. The Balaban J connectivity index is 1.82. The maximum Gasteiger partial charge on any atom is 0.248 e. The van der Waals surface area contributed by atoms with Crippen molar-refractivity contribution in [3.05, 3.63) is 71.1 Å². The lowest BCUT2D eigenvalue weighted by molar-refractivity contribution is 0.557. The maximum atomic E-state index is 5.69. The highest BCUT2D eigenvalue weighted by Crippen LogP contribution is 2.22. The van der Waals surface area contributed by atoms with E-state index in [0.29, 0.717) is 11.8 Å². The van der Waals surface area contributed by atoms with Gasteiger partial charge in [-0.05, 0) is 37.1 Å². The van der Waals surface area contributed by atoms with Crippen LogP contribution in [0.25, 0.3) is 23.6 Å². The summed E-state index contributed by atoms with van der Waals surface area (Å²) in [6.07, 6.45) is 3.80. The van der Waals surface area contributed by atoms with Gasteiger partial charge >= 0.3 is 0 Å². The predicted molar refractivity (Wildman–Crippen MR) is 84.6 cm³/mol. The van der Waals surface area contributed by atoms with Crippen LogP contribution in [0.5, 0.6) is 0 Å². The summed E-state index contributed by atoms with van der Waals surface area (Å²) >= 11 is 0. The molecule has 104 valence electrons. The zero-order valence-electron chi connectivity index (χ0n) is 12.1. The Hall–Kier alpha value is -2.68. The molecule has 1 aromatic heterocycles. The van der Waals surface area contributed by atoms with Crippen molar-refractivity contribution in [2.75, 3.05) is 0 Å². The van der Waals surface area contributed by atoms with Gasteiger partial charge in [-0.15, -0.1) is 10.2 Å². The van der Waals surface area contributed by atoms with Gasteiger partial charge in [0.05, 0.1) is 0 Å². The molecule has 0 spiro atoms. The van der Waals surface area contributed by atoms with Gasteiger partial charge in [-0.1, -0.05) is 48.0 Å². The Morgan fingerprint density at radius 3 is 2.38 bits per heavy atom. The monoisotopic (exact) mass is 276 g/mol. The predicted octanol–water partition coefficient (Wildman–Crippen LogP) is 4.52. The molecule has 0 saturated carbocycles. The molecule has 3 nitrogen and oxygen atoms in total. The number of rotatable bonds is 3. The van der Waals surface area contributed by atoms with Gasteiger partial charge in [0.1, 0.15) is 0 Å². The Kier molecular flexibility index (Phi) is 3.65. The van der Waals surface area contributed by atoms with Gasteiger partial charge in [-0.2, -0.15) is 0 Å². The molecule has 21 heavy (non-hydrogen) atoms. The first-order chi connectivity index (χ1) is 10.2. The van der Waals surface area contributed by atoms with Gasteiger partial charge < -0.3 is 4.42 Å². The summed E-state index contributed by atoms with van der Waals surface area (Å²) in [4.78, 5) is 0. The van der Waals surface area contributed by atoms with Crippen molar-refractivity contribution in [3.63, 3.8) is 0 Å². The molecular weight excluding hydrogens is 260 g/mol. The van der Waals surface area contributed by atoms with Crippen LogP contribution in [0.15, 0.2) is 52.9 Å². The van der Waals surface area contributed by atoms with E-state index in [9.17, 15) is 0 Å². The van der Waals surface area contributed by atoms with E-state index in [1.165, 1.54) is 5.56 Å². The van der Waals surface area contributed by atoms with Crippen LogP contribution in [-0.2, 0) is 0 Å². The van der Waals surface area contributed by atoms with Crippen LogP contribution in [0.1, 0.15) is 22.6 Å². The first kappa shape index (κ1) is 13.3. The van der Waals surface area contributed by atoms with Crippen molar-refractivity contribution >= 4 is 12.2 Å². The molecule has 1 heterocycles. The van der Waals surface area contributed by atoms with Crippen molar-refractivity contribution < 1.29 is 4.42 Å². The lowest BCUT2D eigenvalue weighted by Gasteiger charge is -1.98. The van der Waals surface area contributed by atoms with E-state index in [4.69, 9.17) is 4.42 Å². The number of benzene rings is 2. The summed E-state index contributed by atoms with van der Waals surface area (Å²) in [5.74, 6) is 1.06. The quantitative estimate of drug-likeness (QED) is 0.705. The van der Waals surface area contributed by atoms with Gasteiger partial charge in [0, 0.05) is 11.6 Å². The minimum absolute atomic E-state index is 0.508. The summed E-state index contributed by atoms with van der Waals surface area (Å²) in [7, 11) is 0. The molecule has 2 aromatic carbocycles. The van der Waals surface area contributed by atoms with E-state index < -0.39 is 0 Å². The third-order valence-corrected chi connectivity index (χ3v) is 3.31. The van der Waals surface area contributed by atoms with Gasteiger partial charge in [0.2, 0.25) is 11.8 Å². The normalized spacial score (nSPS) is 11.1. The summed E-state index contributed by atoms with van der Waals surface area (Å²) in [5.41, 5.74) is 4.44. The summed E-state index contributed by atoms with van der Waals surface area (Å²) in [5, 5.41) is 8.17. The molecule has 0 N–H and O–H groups in total. The maximum absolute atomic E-state index is 5.69. The largest absolute Gasteiger partial charge is 0.417 e. The van der Waals surface area contributed by atoms with Crippen molar-refractivity contribution in [1.29, 1.82) is 0 Å². The molecule has 0 radical (unpaired) electrons. The van der Waals surface area contributed by atoms with Crippen molar-refractivity contribution in [2.45, 2.75) is 13.8 Å². The van der Waals surface area contributed by atoms with Crippen LogP contribution in [0.3, 0.4) is 0 Å². The molecule has 3 rings (SSSR count). The molecule has 3 aromatic rings. The Labute approximate surface area is 124 Å². The zero-order valence-corrected chi connectivity index (χ0v) is 12.1. The molecule has 0 amide bonds. The molecule has 0 bridgehead atoms. The Bertz CT molecular complexity index is 770. The second-order valence-corrected chi connectivity index (χ2v) is 5.00. The number of nitrogens with zero attached hydrogens (tertiary/aromatic N) is 2. The lowest BCUT2D eigenvalue weighted by Crippen LogP contribution is -1.81. The third kappa shape index (κ3) is 3.08. The number of hydrogen-bond acceptors (Lipinski definition) is 3. The van der Waals surface area contributed by atoms with E-state index in [0.717, 1.165) is 16.7 Å². The molecule has 0 unspecified atom stereocenters. The van der Waals surface area contributed by atoms with E-state index in [2.05, 4.69) is 41.4 Å². The molecule has 0 atom stereocenters. The molecule has 0 aliphatic rings. The second kappa shape index (κ2) is 5.75. The van der Waals surface area contributed by atoms with Crippen LogP contribution < -0.4 is 0 Å². The number of aryl methyl sites for hydroxylation is 2. The van der Waals surface area contributed by atoms with Crippen LogP contribution in [0, 0.1) is 13.8 Å². The Morgan fingerprint density at radius 1 is 0.857 bits per heavy atom. The van der Waals surface area contributed by atoms with Crippen LogP contribution in [0.2, 0.25) is 0 Å². The summed E-state index contributed by atoms with van der Waals surface area (Å²) in [6, 6.07) is 16.2. The molecule has 0 fully saturated rings. The van der Waals surface area contributed by atoms with Crippen LogP contribution >= 0.6 is 0 Å². The fraction of sp³-hybridized carbons (Fsp3) is 0.111. The van der Waals surface area contributed by atoms with Gasteiger partial charge in [0.25, 0.3) is 0 Å². The minimum atomic E-state index is 0.508. The van der Waals surface area contributed by atoms with Gasteiger partial charge in [-0.3, -0.25) is 0 Å². The standard InChI is InChI=1S/C18H16N2O/c1-13-7-9-15(10-8-13)11-12-17-19-20-18(21-17)16-6-4-3-5-14(16)2/h3-12H,1-2H3/b12-11-. The topological polar surface area (TPSA) is 38.9 Å².